The quantitative estimate of drug-likeness (QED) is 0.733. The first kappa shape index (κ1) is 16.3. The minimum Gasteiger partial charge on any atom is -0.459 e. The van der Waals surface area contributed by atoms with Crippen LogP contribution in [-0.2, 0) is 10.2 Å². The maximum Gasteiger partial charge on any atom is 0.286 e. The highest BCUT2D eigenvalue weighted by atomic mass is 16.3. The Kier molecular flexibility index (Phi) is 4.99. The van der Waals surface area contributed by atoms with Gasteiger partial charge in [0, 0.05) is 24.9 Å². The van der Waals surface area contributed by atoms with Crippen LogP contribution in [0.15, 0.2) is 53.1 Å². The number of carbonyl (C=O) groups is 2. The lowest BCUT2D eigenvalue weighted by atomic mass is 9.96. The Labute approximate surface area is 141 Å². The highest BCUT2D eigenvalue weighted by Gasteiger charge is 2.44. The molecule has 3 rings (SSSR count). The van der Waals surface area contributed by atoms with Gasteiger partial charge in [0.25, 0.3) is 5.91 Å². The summed E-state index contributed by atoms with van der Waals surface area (Å²) in [5.41, 5.74) is 1.43. The predicted octanol–water partition coefficient (Wildman–Crippen LogP) is 2.64. The van der Waals surface area contributed by atoms with Gasteiger partial charge in [0.1, 0.15) is 0 Å². The summed E-state index contributed by atoms with van der Waals surface area (Å²) in [7, 11) is 0. The van der Waals surface area contributed by atoms with Crippen molar-refractivity contribution in [3.05, 3.63) is 60.1 Å². The summed E-state index contributed by atoms with van der Waals surface area (Å²) in [5.74, 6) is 0.0730. The molecule has 1 heterocycles. The van der Waals surface area contributed by atoms with Gasteiger partial charge in [-0.25, -0.2) is 0 Å². The Morgan fingerprint density at radius 1 is 1.04 bits per heavy atom. The molecule has 2 N–H and O–H groups in total. The molecule has 0 aliphatic heterocycles. The molecule has 0 atom stereocenters. The lowest BCUT2D eigenvalue weighted by Crippen LogP contribution is -2.33. The van der Waals surface area contributed by atoms with Crippen LogP contribution in [0.2, 0.25) is 0 Å². The number of carbonyl (C=O) groups excluding carboxylic acids is 2. The van der Waals surface area contributed by atoms with Crippen LogP contribution in [-0.4, -0.2) is 24.9 Å². The third kappa shape index (κ3) is 4.04. The standard InChI is InChI=1S/C19H22N2O3/c22-17(9-4-12-20-18(23)16-8-5-13-24-16)21-14-19(10-11-19)15-6-2-1-3-7-15/h1-3,5-8,13H,4,9-12,14H2,(H,20,23)(H,21,22). The van der Waals surface area contributed by atoms with E-state index in [0.29, 0.717) is 25.9 Å². The fourth-order valence-electron chi connectivity index (χ4n) is 2.81. The van der Waals surface area contributed by atoms with E-state index >= 15 is 0 Å². The molecule has 0 unspecified atom stereocenters. The summed E-state index contributed by atoms with van der Waals surface area (Å²) >= 11 is 0. The van der Waals surface area contributed by atoms with E-state index in [1.807, 2.05) is 18.2 Å². The fourth-order valence-corrected chi connectivity index (χ4v) is 2.81. The smallest absolute Gasteiger partial charge is 0.286 e. The molecule has 2 amide bonds. The molecular formula is C19H22N2O3. The first-order valence-electron chi connectivity index (χ1n) is 8.34. The van der Waals surface area contributed by atoms with Gasteiger partial charge in [-0.05, 0) is 37.0 Å². The molecule has 2 aromatic rings. The van der Waals surface area contributed by atoms with Crippen LogP contribution in [0.3, 0.4) is 0 Å². The fraction of sp³-hybridized carbons (Fsp3) is 0.368. The molecule has 5 heteroatoms. The van der Waals surface area contributed by atoms with Gasteiger partial charge in [0.15, 0.2) is 5.76 Å². The van der Waals surface area contributed by atoms with Gasteiger partial charge in [0.05, 0.1) is 6.26 Å². The van der Waals surface area contributed by atoms with E-state index < -0.39 is 0 Å². The Bertz CT molecular complexity index is 676. The molecule has 1 fully saturated rings. The van der Waals surface area contributed by atoms with Crippen LogP contribution in [0, 0.1) is 0 Å². The lowest BCUT2D eigenvalue weighted by Gasteiger charge is -2.16. The summed E-state index contributed by atoms with van der Waals surface area (Å²) in [5, 5.41) is 5.77. The van der Waals surface area contributed by atoms with Gasteiger partial charge < -0.3 is 15.1 Å². The summed E-state index contributed by atoms with van der Waals surface area (Å²) in [6, 6.07) is 13.6. The van der Waals surface area contributed by atoms with Crippen molar-refractivity contribution in [2.45, 2.75) is 31.1 Å². The van der Waals surface area contributed by atoms with E-state index in [-0.39, 0.29) is 23.0 Å². The molecule has 1 aromatic heterocycles. The van der Waals surface area contributed by atoms with Crippen LogP contribution in [0.25, 0.3) is 0 Å². The maximum absolute atomic E-state index is 12.0. The van der Waals surface area contributed by atoms with Gasteiger partial charge in [-0.1, -0.05) is 30.3 Å². The second kappa shape index (κ2) is 7.34. The maximum atomic E-state index is 12.0. The monoisotopic (exact) mass is 326 g/mol. The highest BCUT2D eigenvalue weighted by molar-refractivity contribution is 5.91. The molecule has 24 heavy (non-hydrogen) atoms. The average Bonchev–Trinajstić information content (AvgIpc) is 3.21. The van der Waals surface area contributed by atoms with E-state index in [1.54, 1.807) is 12.1 Å². The Morgan fingerprint density at radius 2 is 1.83 bits per heavy atom. The highest BCUT2D eigenvalue weighted by Crippen LogP contribution is 2.47. The Morgan fingerprint density at radius 3 is 2.50 bits per heavy atom. The molecule has 1 saturated carbocycles. The van der Waals surface area contributed by atoms with E-state index in [9.17, 15) is 9.59 Å². The minimum absolute atomic E-state index is 0.0319. The Balaban J connectivity index is 1.34. The van der Waals surface area contributed by atoms with Gasteiger partial charge in [-0.3, -0.25) is 9.59 Å². The van der Waals surface area contributed by atoms with Crippen LogP contribution in [0.1, 0.15) is 41.8 Å². The number of benzene rings is 1. The third-order valence-corrected chi connectivity index (χ3v) is 4.47. The number of hydrogen-bond donors (Lipinski definition) is 2. The second-order valence-electron chi connectivity index (χ2n) is 6.26. The van der Waals surface area contributed by atoms with Crippen LogP contribution in [0.5, 0.6) is 0 Å². The SMILES string of the molecule is O=C(CCCNC(=O)c1ccco1)NCC1(c2ccccc2)CC1. The zero-order valence-electron chi connectivity index (χ0n) is 13.6. The molecule has 5 nitrogen and oxygen atoms in total. The number of amides is 2. The second-order valence-corrected chi connectivity index (χ2v) is 6.26. The molecular weight excluding hydrogens is 304 g/mol. The first-order valence-corrected chi connectivity index (χ1v) is 8.34. The van der Waals surface area contributed by atoms with Crippen LogP contribution < -0.4 is 10.6 Å². The predicted molar refractivity (Wildman–Crippen MR) is 90.6 cm³/mol. The van der Waals surface area contributed by atoms with Crippen molar-refractivity contribution in [2.75, 3.05) is 13.1 Å². The van der Waals surface area contributed by atoms with Crippen LogP contribution >= 0.6 is 0 Å². The topological polar surface area (TPSA) is 71.3 Å². The number of rotatable bonds is 8. The van der Waals surface area contributed by atoms with Crippen molar-refractivity contribution in [1.82, 2.24) is 10.6 Å². The van der Waals surface area contributed by atoms with Crippen molar-refractivity contribution >= 4 is 11.8 Å². The molecule has 0 radical (unpaired) electrons. The van der Waals surface area contributed by atoms with Crippen molar-refractivity contribution in [3.63, 3.8) is 0 Å². The molecule has 1 aliphatic rings. The number of hydrogen-bond acceptors (Lipinski definition) is 3. The zero-order chi connectivity index (χ0) is 16.8. The van der Waals surface area contributed by atoms with E-state index in [2.05, 4.69) is 22.8 Å². The zero-order valence-corrected chi connectivity index (χ0v) is 13.6. The summed E-state index contributed by atoms with van der Waals surface area (Å²) in [6.45, 7) is 1.14. The molecule has 0 saturated heterocycles. The largest absolute Gasteiger partial charge is 0.459 e. The summed E-state index contributed by atoms with van der Waals surface area (Å²) in [4.78, 5) is 23.6. The molecule has 1 aromatic carbocycles. The van der Waals surface area contributed by atoms with E-state index in [0.717, 1.165) is 12.8 Å². The van der Waals surface area contributed by atoms with Gasteiger partial charge in [-0.15, -0.1) is 0 Å². The number of furan rings is 1. The molecule has 0 spiro atoms. The summed E-state index contributed by atoms with van der Waals surface area (Å²) < 4.78 is 5.01. The molecule has 0 bridgehead atoms. The lowest BCUT2D eigenvalue weighted by molar-refractivity contribution is -0.121. The minimum atomic E-state index is -0.249. The first-order chi connectivity index (χ1) is 11.7. The van der Waals surface area contributed by atoms with Crippen molar-refractivity contribution in [3.8, 4) is 0 Å². The van der Waals surface area contributed by atoms with Crippen LogP contribution in [0.4, 0.5) is 0 Å². The third-order valence-electron chi connectivity index (χ3n) is 4.47. The van der Waals surface area contributed by atoms with Crippen molar-refractivity contribution in [1.29, 1.82) is 0 Å². The molecule has 126 valence electrons. The van der Waals surface area contributed by atoms with Gasteiger partial charge in [0.2, 0.25) is 5.91 Å². The van der Waals surface area contributed by atoms with Crippen molar-refractivity contribution in [2.24, 2.45) is 0 Å². The average molecular weight is 326 g/mol. The molecule has 1 aliphatic carbocycles. The normalized spacial score (nSPS) is 14.8. The van der Waals surface area contributed by atoms with E-state index in [1.165, 1.54) is 11.8 Å². The summed E-state index contributed by atoms with van der Waals surface area (Å²) in [6.07, 6.45) is 4.72. The van der Waals surface area contributed by atoms with Crippen molar-refractivity contribution < 1.29 is 14.0 Å². The Hall–Kier alpha value is -2.56. The van der Waals surface area contributed by atoms with Gasteiger partial charge in [-0.2, -0.15) is 0 Å². The van der Waals surface area contributed by atoms with Gasteiger partial charge >= 0.3 is 0 Å². The van der Waals surface area contributed by atoms with E-state index in [4.69, 9.17) is 4.42 Å². The number of nitrogens with one attached hydrogen (secondary N) is 2.